The van der Waals surface area contributed by atoms with Crippen LogP contribution in [0.15, 0.2) is 30.3 Å². The third kappa shape index (κ3) is 3.94. The van der Waals surface area contributed by atoms with E-state index in [1.807, 2.05) is 9.80 Å². The number of likely N-dealkylation sites (tertiary alicyclic amines) is 2. The average molecular weight is 425 g/mol. The van der Waals surface area contributed by atoms with Crippen molar-refractivity contribution >= 4 is 6.03 Å². The Labute approximate surface area is 183 Å². The van der Waals surface area contributed by atoms with E-state index in [4.69, 9.17) is 9.72 Å². The monoisotopic (exact) mass is 424 g/mol. The lowest BCUT2D eigenvalue weighted by molar-refractivity contribution is -0.00707. The predicted molar refractivity (Wildman–Crippen MR) is 117 cm³/mol. The van der Waals surface area contributed by atoms with Crippen LogP contribution in [0.1, 0.15) is 42.9 Å². The molecule has 1 N–H and O–H groups in total. The van der Waals surface area contributed by atoms with Gasteiger partial charge in [0.1, 0.15) is 5.82 Å². The second-order valence-corrected chi connectivity index (χ2v) is 9.54. The molecule has 1 spiro atoms. The van der Waals surface area contributed by atoms with Crippen LogP contribution in [-0.4, -0.2) is 88.4 Å². The van der Waals surface area contributed by atoms with Crippen LogP contribution in [0.3, 0.4) is 0 Å². The number of aromatic nitrogens is 3. The van der Waals surface area contributed by atoms with Crippen molar-refractivity contribution in [1.29, 1.82) is 0 Å². The molecule has 1 aromatic heterocycles. The van der Waals surface area contributed by atoms with Gasteiger partial charge in [-0.2, -0.15) is 5.10 Å². The Balaban J connectivity index is 1.33. The van der Waals surface area contributed by atoms with Crippen LogP contribution in [0.2, 0.25) is 0 Å². The molecule has 3 aliphatic rings. The molecule has 31 heavy (non-hydrogen) atoms. The maximum atomic E-state index is 13.0. The highest BCUT2D eigenvalue weighted by atomic mass is 16.5. The number of rotatable bonds is 4. The molecular weight excluding hydrogens is 392 g/mol. The zero-order chi connectivity index (χ0) is 21.4. The summed E-state index contributed by atoms with van der Waals surface area (Å²) in [6, 6.07) is 10.8. The molecule has 3 aliphatic heterocycles. The van der Waals surface area contributed by atoms with Crippen molar-refractivity contribution in [2.24, 2.45) is 5.41 Å². The van der Waals surface area contributed by atoms with Gasteiger partial charge >= 0.3 is 6.03 Å². The van der Waals surface area contributed by atoms with Gasteiger partial charge in [-0.15, -0.1) is 0 Å². The molecule has 8 nitrogen and oxygen atoms in total. The molecule has 3 saturated heterocycles. The van der Waals surface area contributed by atoms with Crippen LogP contribution in [-0.2, 0) is 11.3 Å². The molecule has 1 unspecified atom stereocenters. The first-order valence-electron chi connectivity index (χ1n) is 11.3. The second kappa shape index (κ2) is 8.24. The van der Waals surface area contributed by atoms with Crippen molar-refractivity contribution in [2.45, 2.75) is 32.2 Å². The number of nitrogens with zero attached hydrogens (tertiary/aromatic N) is 5. The third-order valence-corrected chi connectivity index (χ3v) is 6.90. The number of amides is 2. The highest BCUT2D eigenvalue weighted by Crippen LogP contribution is 2.49. The number of ether oxygens (including phenoxy) is 1. The highest BCUT2D eigenvalue weighted by Gasteiger charge is 2.57. The van der Waals surface area contributed by atoms with E-state index in [9.17, 15) is 4.79 Å². The van der Waals surface area contributed by atoms with Crippen LogP contribution < -0.4 is 0 Å². The largest absolute Gasteiger partial charge is 0.378 e. The number of carbonyl (C=O) groups is 1. The molecule has 0 aliphatic carbocycles. The number of urea groups is 1. The normalized spacial score (nSPS) is 23.5. The molecule has 5 rings (SSSR count). The van der Waals surface area contributed by atoms with E-state index in [2.05, 4.69) is 59.3 Å². The van der Waals surface area contributed by atoms with Gasteiger partial charge in [0.05, 0.1) is 13.2 Å². The minimum Gasteiger partial charge on any atom is -0.378 e. The average Bonchev–Trinajstić information content (AvgIpc) is 3.39. The van der Waals surface area contributed by atoms with Gasteiger partial charge in [-0.3, -0.25) is 10.00 Å². The number of aromatic amines is 1. The molecule has 1 atom stereocenters. The number of hydrogen-bond acceptors (Lipinski definition) is 5. The fraction of sp³-hybridized carbons (Fsp3) is 0.609. The van der Waals surface area contributed by atoms with E-state index in [-0.39, 0.29) is 17.4 Å². The second-order valence-electron chi connectivity index (χ2n) is 9.54. The standard InChI is InChI=1S/C23H32N6O2/c1-17(2)20-24-21(26-25-20)19-13-27(12-18-6-4-3-5-7-18)14-23(19)15-29(16-23)22(30)28-8-10-31-11-9-28/h3-7,17,19H,8-16H2,1-2H3,(H,24,25,26). The topological polar surface area (TPSA) is 77.6 Å². The number of benzene rings is 1. The minimum atomic E-state index is 0.0323. The van der Waals surface area contributed by atoms with E-state index < -0.39 is 0 Å². The molecule has 0 saturated carbocycles. The maximum absolute atomic E-state index is 13.0. The van der Waals surface area contributed by atoms with Gasteiger partial charge in [-0.05, 0) is 5.56 Å². The van der Waals surface area contributed by atoms with Crippen LogP contribution in [0, 0.1) is 5.41 Å². The molecule has 2 aromatic rings. The van der Waals surface area contributed by atoms with E-state index in [0.717, 1.165) is 44.4 Å². The summed E-state index contributed by atoms with van der Waals surface area (Å²) in [4.78, 5) is 24.3. The summed E-state index contributed by atoms with van der Waals surface area (Å²) in [6.07, 6.45) is 0. The van der Waals surface area contributed by atoms with E-state index >= 15 is 0 Å². The van der Waals surface area contributed by atoms with Gasteiger partial charge in [0.2, 0.25) is 0 Å². The van der Waals surface area contributed by atoms with Crippen molar-refractivity contribution in [3.63, 3.8) is 0 Å². The van der Waals surface area contributed by atoms with Crippen molar-refractivity contribution in [1.82, 2.24) is 29.9 Å². The summed E-state index contributed by atoms with van der Waals surface area (Å²) in [5.74, 6) is 2.39. The molecule has 2 amide bonds. The lowest BCUT2D eigenvalue weighted by Crippen LogP contribution is -2.64. The number of carbonyl (C=O) groups excluding carboxylic acids is 1. The van der Waals surface area contributed by atoms with Crippen molar-refractivity contribution in [3.8, 4) is 0 Å². The molecule has 8 heteroatoms. The number of H-pyrrole nitrogens is 1. The summed E-state index contributed by atoms with van der Waals surface area (Å²) >= 11 is 0. The predicted octanol–water partition coefficient (Wildman–Crippen LogP) is 2.28. The molecule has 0 bridgehead atoms. The lowest BCUT2D eigenvalue weighted by atomic mass is 9.71. The van der Waals surface area contributed by atoms with E-state index in [0.29, 0.717) is 32.2 Å². The van der Waals surface area contributed by atoms with Crippen LogP contribution in [0.25, 0.3) is 0 Å². The zero-order valence-electron chi connectivity index (χ0n) is 18.5. The molecule has 0 radical (unpaired) electrons. The molecule has 3 fully saturated rings. The minimum absolute atomic E-state index is 0.0323. The van der Waals surface area contributed by atoms with Crippen LogP contribution in [0.5, 0.6) is 0 Å². The zero-order valence-corrected chi connectivity index (χ0v) is 18.5. The van der Waals surface area contributed by atoms with Crippen molar-refractivity contribution in [3.05, 3.63) is 47.5 Å². The summed E-state index contributed by atoms with van der Waals surface area (Å²) in [7, 11) is 0. The van der Waals surface area contributed by atoms with E-state index in [1.54, 1.807) is 0 Å². The smallest absolute Gasteiger partial charge is 0.320 e. The van der Waals surface area contributed by atoms with E-state index in [1.165, 1.54) is 5.56 Å². The van der Waals surface area contributed by atoms with Crippen LogP contribution in [0.4, 0.5) is 4.79 Å². The van der Waals surface area contributed by atoms with Gasteiger partial charge in [0.25, 0.3) is 0 Å². The van der Waals surface area contributed by atoms with Gasteiger partial charge in [0.15, 0.2) is 5.82 Å². The SMILES string of the molecule is CC(C)c1n[nH]c(C2CN(Cc3ccccc3)CC23CN(C(=O)N2CCOCC2)C3)n1. The Kier molecular flexibility index (Phi) is 5.44. The summed E-state index contributed by atoms with van der Waals surface area (Å²) in [5, 5.41) is 7.69. The fourth-order valence-electron chi connectivity index (χ4n) is 5.24. The van der Waals surface area contributed by atoms with Gasteiger partial charge in [-0.1, -0.05) is 44.2 Å². The Hall–Kier alpha value is -2.45. The molecule has 1 aromatic carbocycles. The quantitative estimate of drug-likeness (QED) is 0.815. The molecule has 166 valence electrons. The lowest BCUT2D eigenvalue weighted by Gasteiger charge is -2.51. The fourth-order valence-corrected chi connectivity index (χ4v) is 5.24. The molecule has 4 heterocycles. The van der Waals surface area contributed by atoms with Gasteiger partial charge < -0.3 is 14.5 Å². The Morgan fingerprint density at radius 3 is 2.58 bits per heavy atom. The van der Waals surface area contributed by atoms with Crippen molar-refractivity contribution < 1.29 is 9.53 Å². The Morgan fingerprint density at radius 2 is 1.90 bits per heavy atom. The van der Waals surface area contributed by atoms with Gasteiger partial charge in [-0.25, -0.2) is 9.78 Å². The molecular formula is C23H32N6O2. The summed E-state index contributed by atoms with van der Waals surface area (Å²) in [5.41, 5.74) is 1.35. The Morgan fingerprint density at radius 1 is 1.16 bits per heavy atom. The van der Waals surface area contributed by atoms with Gasteiger partial charge in [0, 0.05) is 63.1 Å². The third-order valence-electron chi connectivity index (χ3n) is 6.90. The summed E-state index contributed by atoms with van der Waals surface area (Å²) < 4.78 is 5.40. The highest BCUT2D eigenvalue weighted by molar-refractivity contribution is 5.76. The Bertz CT molecular complexity index is 902. The first kappa shape index (κ1) is 20.5. The van der Waals surface area contributed by atoms with Crippen molar-refractivity contribution in [2.75, 3.05) is 52.5 Å². The first-order valence-corrected chi connectivity index (χ1v) is 11.3. The first-order chi connectivity index (χ1) is 15.0. The summed E-state index contributed by atoms with van der Waals surface area (Å²) in [6.45, 7) is 11.2. The number of nitrogens with one attached hydrogen (secondary N) is 1. The number of hydrogen-bond donors (Lipinski definition) is 1. The van der Waals surface area contributed by atoms with Crippen LogP contribution >= 0.6 is 0 Å². The maximum Gasteiger partial charge on any atom is 0.320 e. The number of morpholine rings is 1.